The van der Waals surface area contributed by atoms with Crippen LogP contribution >= 0.6 is 0 Å². The fourth-order valence-corrected chi connectivity index (χ4v) is 4.72. The van der Waals surface area contributed by atoms with Crippen LogP contribution in [0.1, 0.15) is 27.3 Å². The number of alkyl halides is 3. The van der Waals surface area contributed by atoms with E-state index >= 15 is 0 Å². The van der Waals surface area contributed by atoms with E-state index in [1.807, 2.05) is 4.90 Å². The molecule has 2 saturated heterocycles. The van der Waals surface area contributed by atoms with Crippen LogP contribution in [0.3, 0.4) is 0 Å². The predicted molar refractivity (Wildman–Crippen MR) is 95.7 cm³/mol. The van der Waals surface area contributed by atoms with E-state index in [9.17, 15) is 18.0 Å². The van der Waals surface area contributed by atoms with E-state index in [4.69, 9.17) is 0 Å². The number of anilines is 1. The Balaban J connectivity index is 1.30. The number of hydrogen-bond acceptors (Lipinski definition) is 4. The van der Waals surface area contributed by atoms with Gasteiger partial charge in [-0.3, -0.25) is 9.89 Å². The van der Waals surface area contributed by atoms with Gasteiger partial charge in [-0.05, 0) is 12.1 Å². The zero-order valence-corrected chi connectivity index (χ0v) is 15.1. The fourth-order valence-electron chi connectivity index (χ4n) is 4.72. The highest BCUT2D eigenvalue weighted by Crippen LogP contribution is 2.41. The summed E-state index contributed by atoms with van der Waals surface area (Å²) in [4.78, 5) is 16.5. The maximum atomic E-state index is 13.3. The van der Waals surface area contributed by atoms with Crippen molar-refractivity contribution in [3.63, 3.8) is 0 Å². The highest BCUT2D eigenvalue weighted by atomic mass is 19.4. The molecule has 1 aromatic carbocycles. The van der Waals surface area contributed by atoms with Crippen LogP contribution in [0.2, 0.25) is 0 Å². The Morgan fingerprint density at radius 2 is 1.79 bits per heavy atom. The molecule has 0 spiro atoms. The SMILES string of the molecule is O=C(c1n[nH]c2c1CNC2)N1CC2CN(c3ccccc3C(F)(F)F)CC2C1. The number of amides is 1. The number of halogens is 3. The van der Waals surface area contributed by atoms with Crippen molar-refractivity contribution in [2.75, 3.05) is 31.1 Å². The lowest BCUT2D eigenvalue weighted by Gasteiger charge is -2.25. The summed E-state index contributed by atoms with van der Waals surface area (Å²) in [5, 5.41) is 10.3. The summed E-state index contributed by atoms with van der Waals surface area (Å²) < 4.78 is 40.0. The van der Waals surface area contributed by atoms with E-state index in [1.54, 1.807) is 11.0 Å². The molecule has 2 atom stereocenters. The van der Waals surface area contributed by atoms with Gasteiger partial charge in [0.2, 0.25) is 0 Å². The number of fused-ring (bicyclic) bond motifs is 2. The second-order valence-corrected chi connectivity index (χ2v) is 7.78. The first-order chi connectivity index (χ1) is 13.4. The zero-order valence-electron chi connectivity index (χ0n) is 15.1. The molecule has 2 N–H and O–H groups in total. The number of hydrogen-bond donors (Lipinski definition) is 2. The lowest BCUT2D eigenvalue weighted by Crippen LogP contribution is -2.34. The van der Waals surface area contributed by atoms with Crippen molar-refractivity contribution in [3.05, 3.63) is 46.8 Å². The van der Waals surface area contributed by atoms with Gasteiger partial charge in [0.25, 0.3) is 5.91 Å². The molecule has 3 aliphatic rings. The largest absolute Gasteiger partial charge is 0.418 e. The van der Waals surface area contributed by atoms with Crippen LogP contribution in [0.25, 0.3) is 0 Å². The first kappa shape index (κ1) is 17.5. The third-order valence-corrected chi connectivity index (χ3v) is 6.08. The van der Waals surface area contributed by atoms with Gasteiger partial charge in [-0.1, -0.05) is 12.1 Å². The Bertz CT molecular complexity index is 911. The number of carbonyl (C=O) groups is 1. The maximum absolute atomic E-state index is 13.3. The number of likely N-dealkylation sites (tertiary alicyclic amines) is 1. The van der Waals surface area contributed by atoms with Crippen molar-refractivity contribution < 1.29 is 18.0 Å². The monoisotopic (exact) mass is 391 g/mol. The van der Waals surface area contributed by atoms with Crippen molar-refractivity contribution >= 4 is 11.6 Å². The molecular weight excluding hydrogens is 371 g/mol. The summed E-state index contributed by atoms with van der Waals surface area (Å²) in [5.41, 5.74) is 2.00. The molecule has 2 fully saturated rings. The Labute approximate surface area is 159 Å². The topological polar surface area (TPSA) is 64.3 Å². The molecule has 2 aromatic rings. The molecule has 9 heteroatoms. The number of H-pyrrole nitrogens is 1. The molecule has 2 unspecified atom stereocenters. The highest BCUT2D eigenvalue weighted by Gasteiger charge is 2.44. The summed E-state index contributed by atoms with van der Waals surface area (Å²) in [6, 6.07) is 5.72. The van der Waals surface area contributed by atoms with Gasteiger partial charge in [-0.15, -0.1) is 0 Å². The standard InChI is InChI=1S/C19H20F3N5O/c20-19(21,22)14-3-1-2-4-16(14)26-7-11-9-27(10-12(11)8-26)18(28)17-13-5-23-6-15(13)24-25-17/h1-4,11-12,23H,5-10H2,(H,24,25). The van der Waals surface area contributed by atoms with Crippen LogP contribution in [0.4, 0.5) is 18.9 Å². The van der Waals surface area contributed by atoms with Crippen LogP contribution in [0.15, 0.2) is 24.3 Å². The highest BCUT2D eigenvalue weighted by molar-refractivity contribution is 5.94. The Kier molecular flexibility index (Phi) is 3.90. The molecule has 28 heavy (non-hydrogen) atoms. The fraction of sp³-hybridized carbons (Fsp3) is 0.474. The van der Waals surface area contributed by atoms with E-state index in [-0.39, 0.29) is 23.4 Å². The summed E-state index contributed by atoms with van der Waals surface area (Å²) in [5.74, 6) is 0.267. The molecule has 5 rings (SSSR count). The number of aromatic amines is 1. The van der Waals surface area contributed by atoms with Crippen LogP contribution in [0, 0.1) is 11.8 Å². The molecular formula is C19H20F3N5O. The van der Waals surface area contributed by atoms with Crippen molar-refractivity contribution in [2.24, 2.45) is 11.8 Å². The number of rotatable bonds is 2. The van der Waals surface area contributed by atoms with Crippen LogP contribution < -0.4 is 10.2 Å². The molecule has 0 radical (unpaired) electrons. The zero-order chi connectivity index (χ0) is 19.5. The average Bonchev–Trinajstić information content (AvgIpc) is 3.39. The maximum Gasteiger partial charge on any atom is 0.418 e. The van der Waals surface area contributed by atoms with Gasteiger partial charge in [0.15, 0.2) is 5.69 Å². The van der Waals surface area contributed by atoms with Crippen molar-refractivity contribution in [2.45, 2.75) is 19.3 Å². The van der Waals surface area contributed by atoms with Gasteiger partial charge >= 0.3 is 6.18 Å². The molecule has 0 saturated carbocycles. The minimum atomic E-state index is -4.37. The molecule has 6 nitrogen and oxygen atoms in total. The Hall–Kier alpha value is -2.55. The minimum Gasteiger partial charge on any atom is -0.370 e. The smallest absolute Gasteiger partial charge is 0.370 e. The summed E-state index contributed by atoms with van der Waals surface area (Å²) >= 11 is 0. The summed E-state index contributed by atoms with van der Waals surface area (Å²) in [6.07, 6.45) is -4.37. The first-order valence-corrected chi connectivity index (χ1v) is 9.39. The van der Waals surface area contributed by atoms with E-state index in [0.29, 0.717) is 45.0 Å². The Morgan fingerprint density at radius 1 is 1.07 bits per heavy atom. The van der Waals surface area contributed by atoms with Crippen molar-refractivity contribution in [1.29, 1.82) is 0 Å². The van der Waals surface area contributed by atoms with Crippen LogP contribution in [0.5, 0.6) is 0 Å². The van der Waals surface area contributed by atoms with Crippen LogP contribution in [-0.2, 0) is 19.3 Å². The molecule has 0 aliphatic carbocycles. The molecule has 3 aliphatic heterocycles. The second kappa shape index (κ2) is 6.23. The lowest BCUT2D eigenvalue weighted by atomic mass is 10.0. The number of aromatic nitrogens is 2. The van der Waals surface area contributed by atoms with E-state index < -0.39 is 11.7 Å². The predicted octanol–water partition coefficient (Wildman–Crippen LogP) is 2.24. The van der Waals surface area contributed by atoms with Gasteiger partial charge in [0.05, 0.1) is 11.3 Å². The van der Waals surface area contributed by atoms with Gasteiger partial charge in [0, 0.05) is 62.4 Å². The van der Waals surface area contributed by atoms with Gasteiger partial charge in [-0.25, -0.2) is 0 Å². The average molecular weight is 391 g/mol. The third-order valence-electron chi connectivity index (χ3n) is 6.08. The molecule has 1 amide bonds. The van der Waals surface area contributed by atoms with E-state index in [1.165, 1.54) is 12.1 Å². The number of carbonyl (C=O) groups excluding carboxylic acids is 1. The first-order valence-electron chi connectivity index (χ1n) is 9.39. The summed E-state index contributed by atoms with van der Waals surface area (Å²) in [6.45, 7) is 3.50. The molecule has 4 heterocycles. The normalized spacial score (nSPS) is 24.0. The van der Waals surface area contributed by atoms with Gasteiger partial charge in [0.1, 0.15) is 0 Å². The quantitative estimate of drug-likeness (QED) is 0.824. The van der Waals surface area contributed by atoms with Crippen molar-refractivity contribution in [3.8, 4) is 0 Å². The van der Waals surface area contributed by atoms with Gasteiger partial charge < -0.3 is 15.1 Å². The summed E-state index contributed by atoms with van der Waals surface area (Å²) in [7, 11) is 0. The number of nitrogens with zero attached hydrogens (tertiary/aromatic N) is 3. The lowest BCUT2D eigenvalue weighted by molar-refractivity contribution is -0.137. The number of benzene rings is 1. The third kappa shape index (κ3) is 2.76. The molecule has 0 bridgehead atoms. The van der Waals surface area contributed by atoms with Crippen LogP contribution in [-0.4, -0.2) is 47.2 Å². The number of nitrogens with one attached hydrogen (secondary N) is 2. The number of para-hydroxylation sites is 1. The van der Waals surface area contributed by atoms with E-state index in [0.717, 1.165) is 17.3 Å². The minimum absolute atomic E-state index is 0.0853. The van der Waals surface area contributed by atoms with Gasteiger partial charge in [-0.2, -0.15) is 18.3 Å². The molecule has 1 aromatic heterocycles. The van der Waals surface area contributed by atoms with Crippen molar-refractivity contribution in [1.82, 2.24) is 20.4 Å². The molecule has 148 valence electrons. The van der Waals surface area contributed by atoms with E-state index in [2.05, 4.69) is 15.5 Å². The second-order valence-electron chi connectivity index (χ2n) is 7.78. The Morgan fingerprint density at radius 3 is 2.50 bits per heavy atom.